The van der Waals surface area contributed by atoms with Gasteiger partial charge in [-0.3, -0.25) is 0 Å². The molecule has 0 spiro atoms. The number of benzene rings is 6. The Kier molecular flexibility index (Phi) is 4.75. The van der Waals surface area contributed by atoms with Crippen molar-refractivity contribution >= 4 is 22.1 Å². The Bertz CT molecular complexity index is 1660. The van der Waals surface area contributed by atoms with Crippen molar-refractivity contribution in [3.05, 3.63) is 168 Å². The topological polar surface area (TPSA) is 12.0 Å². The Labute approximate surface area is 211 Å². The fourth-order valence-electron chi connectivity index (χ4n) is 6.03. The van der Waals surface area contributed by atoms with E-state index >= 15 is 0 Å². The van der Waals surface area contributed by atoms with Crippen LogP contribution in [0.4, 0.5) is 11.4 Å². The van der Waals surface area contributed by atoms with Gasteiger partial charge in [0.1, 0.15) is 0 Å². The van der Waals surface area contributed by atoms with Crippen LogP contribution in [-0.2, 0) is 5.41 Å². The number of hydrogen-bond donors (Lipinski definition) is 1. The maximum absolute atomic E-state index is 3.73. The molecule has 0 radical (unpaired) electrons. The van der Waals surface area contributed by atoms with E-state index in [1.54, 1.807) is 0 Å². The summed E-state index contributed by atoms with van der Waals surface area (Å²) in [4.78, 5) is 0. The van der Waals surface area contributed by atoms with Gasteiger partial charge in [0, 0.05) is 16.8 Å². The van der Waals surface area contributed by atoms with Gasteiger partial charge in [0.15, 0.2) is 0 Å². The van der Waals surface area contributed by atoms with E-state index in [0.29, 0.717) is 0 Å². The summed E-state index contributed by atoms with van der Waals surface area (Å²) in [6.45, 7) is 0. The van der Waals surface area contributed by atoms with Crippen molar-refractivity contribution in [2.24, 2.45) is 0 Å². The summed E-state index contributed by atoms with van der Waals surface area (Å²) in [6, 6.07) is 52.6. The largest absolute Gasteiger partial charge is 0.355 e. The Morgan fingerprint density at radius 1 is 0.444 bits per heavy atom. The summed E-state index contributed by atoms with van der Waals surface area (Å²) in [6.07, 6.45) is 0. The third-order valence-electron chi connectivity index (χ3n) is 7.52. The second-order valence-electron chi connectivity index (χ2n) is 9.44. The van der Waals surface area contributed by atoms with Crippen LogP contribution in [0.25, 0.3) is 21.9 Å². The minimum atomic E-state index is -0.384. The zero-order valence-electron chi connectivity index (χ0n) is 19.9. The highest BCUT2D eigenvalue weighted by atomic mass is 14.9. The molecule has 6 aromatic carbocycles. The lowest BCUT2D eigenvalue weighted by atomic mass is 9.67. The van der Waals surface area contributed by atoms with Crippen LogP contribution in [0.2, 0.25) is 0 Å². The number of anilines is 2. The normalized spacial score (nSPS) is 13.2. The molecule has 0 bridgehead atoms. The molecular weight excluding hydrogens is 434 g/mol. The standard InChI is InChI=1S/C35H25N/c1-2-14-26(15-3-1)35(32-21-8-6-19-30(32)31-20-7-9-22-33(31)35)27-16-11-17-28(24-27)36-34-23-10-13-25-12-4-5-18-29(25)34/h1-24,36H. The predicted molar refractivity (Wildman–Crippen MR) is 151 cm³/mol. The second kappa shape index (κ2) is 8.25. The molecule has 7 rings (SSSR count). The van der Waals surface area contributed by atoms with E-state index in [0.717, 1.165) is 11.4 Å². The van der Waals surface area contributed by atoms with E-state index in [-0.39, 0.29) is 5.41 Å². The second-order valence-corrected chi connectivity index (χ2v) is 9.44. The van der Waals surface area contributed by atoms with E-state index in [2.05, 4.69) is 151 Å². The van der Waals surface area contributed by atoms with Gasteiger partial charge in [-0.25, -0.2) is 0 Å². The molecule has 1 N–H and O–H groups in total. The van der Waals surface area contributed by atoms with Crippen molar-refractivity contribution in [3.63, 3.8) is 0 Å². The fourth-order valence-corrected chi connectivity index (χ4v) is 6.03. The van der Waals surface area contributed by atoms with Crippen molar-refractivity contribution in [3.8, 4) is 11.1 Å². The molecule has 1 aliphatic carbocycles. The van der Waals surface area contributed by atoms with Gasteiger partial charge in [0.2, 0.25) is 0 Å². The molecule has 170 valence electrons. The molecule has 1 aliphatic rings. The van der Waals surface area contributed by atoms with Gasteiger partial charge in [0.25, 0.3) is 0 Å². The number of rotatable bonds is 4. The third-order valence-corrected chi connectivity index (χ3v) is 7.52. The first-order chi connectivity index (χ1) is 17.9. The first-order valence-electron chi connectivity index (χ1n) is 12.5. The van der Waals surface area contributed by atoms with Crippen molar-refractivity contribution in [2.45, 2.75) is 5.41 Å². The maximum Gasteiger partial charge on any atom is 0.0714 e. The summed E-state index contributed by atoms with van der Waals surface area (Å²) in [5.41, 5.74) is 9.65. The Morgan fingerprint density at radius 3 is 1.81 bits per heavy atom. The highest BCUT2D eigenvalue weighted by Gasteiger charge is 2.45. The van der Waals surface area contributed by atoms with Crippen molar-refractivity contribution < 1.29 is 0 Å². The highest BCUT2D eigenvalue weighted by molar-refractivity contribution is 5.95. The molecule has 0 aliphatic heterocycles. The molecule has 0 unspecified atom stereocenters. The third kappa shape index (κ3) is 3.03. The Morgan fingerprint density at radius 2 is 1.03 bits per heavy atom. The molecule has 0 amide bonds. The fraction of sp³-hybridized carbons (Fsp3) is 0.0286. The number of hydrogen-bond acceptors (Lipinski definition) is 1. The lowest BCUT2D eigenvalue weighted by molar-refractivity contribution is 0.769. The van der Waals surface area contributed by atoms with E-state index < -0.39 is 0 Å². The van der Waals surface area contributed by atoms with E-state index in [4.69, 9.17) is 0 Å². The minimum Gasteiger partial charge on any atom is -0.355 e. The quantitative estimate of drug-likeness (QED) is 0.277. The summed E-state index contributed by atoms with van der Waals surface area (Å²) in [5.74, 6) is 0. The van der Waals surface area contributed by atoms with Crippen LogP contribution in [-0.4, -0.2) is 0 Å². The van der Waals surface area contributed by atoms with Gasteiger partial charge >= 0.3 is 0 Å². The average molecular weight is 460 g/mol. The van der Waals surface area contributed by atoms with E-state index in [9.17, 15) is 0 Å². The smallest absolute Gasteiger partial charge is 0.0714 e. The lowest BCUT2D eigenvalue weighted by Gasteiger charge is -2.34. The first-order valence-corrected chi connectivity index (χ1v) is 12.5. The zero-order chi connectivity index (χ0) is 24.0. The lowest BCUT2D eigenvalue weighted by Crippen LogP contribution is -2.28. The highest BCUT2D eigenvalue weighted by Crippen LogP contribution is 2.56. The van der Waals surface area contributed by atoms with Crippen LogP contribution in [0.3, 0.4) is 0 Å². The summed E-state index contributed by atoms with van der Waals surface area (Å²) in [7, 11) is 0. The van der Waals surface area contributed by atoms with Crippen molar-refractivity contribution in [2.75, 3.05) is 5.32 Å². The van der Waals surface area contributed by atoms with Crippen LogP contribution in [0.5, 0.6) is 0 Å². The molecule has 0 aromatic heterocycles. The predicted octanol–water partition coefficient (Wildman–Crippen LogP) is 8.95. The number of fused-ring (bicyclic) bond motifs is 4. The van der Waals surface area contributed by atoms with Gasteiger partial charge < -0.3 is 5.32 Å². The molecule has 1 heteroatoms. The van der Waals surface area contributed by atoms with Gasteiger partial charge in [-0.2, -0.15) is 0 Å². The van der Waals surface area contributed by atoms with Gasteiger partial charge in [-0.1, -0.05) is 127 Å². The molecule has 6 aromatic rings. The molecule has 36 heavy (non-hydrogen) atoms. The van der Waals surface area contributed by atoms with Gasteiger partial charge in [0.05, 0.1) is 5.41 Å². The van der Waals surface area contributed by atoms with Gasteiger partial charge in [-0.05, 0) is 57.0 Å². The van der Waals surface area contributed by atoms with Gasteiger partial charge in [-0.15, -0.1) is 0 Å². The van der Waals surface area contributed by atoms with Crippen molar-refractivity contribution in [1.29, 1.82) is 0 Å². The SMILES string of the molecule is c1ccc(C2(c3cccc(Nc4cccc5ccccc45)c3)c3ccccc3-c3ccccc32)cc1. The molecule has 1 nitrogen and oxygen atoms in total. The Balaban J connectivity index is 1.46. The van der Waals surface area contributed by atoms with Crippen LogP contribution >= 0.6 is 0 Å². The van der Waals surface area contributed by atoms with E-state index in [1.165, 1.54) is 44.2 Å². The monoisotopic (exact) mass is 459 g/mol. The molecular formula is C35H25N. The molecule has 0 atom stereocenters. The summed E-state index contributed by atoms with van der Waals surface area (Å²) >= 11 is 0. The number of nitrogens with one attached hydrogen (secondary N) is 1. The van der Waals surface area contributed by atoms with Crippen LogP contribution in [0.1, 0.15) is 22.3 Å². The van der Waals surface area contributed by atoms with Crippen LogP contribution in [0.15, 0.2) is 146 Å². The first kappa shape index (κ1) is 20.7. The molecule has 0 fully saturated rings. The summed E-state index contributed by atoms with van der Waals surface area (Å²) < 4.78 is 0. The summed E-state index contributed by atoms with van der Waals surface area (Å²) in [5, 5.41) is 6.18. The average Bonchev–Trinajstić information content (AvgIpc) is 3.25. The Hall–Kier alpha value is -4.62. The minimum absolute atomic E-state index is 0.384. The maximum atomic E-state index is 3.73. The van der Waals surface area contributed by atoms with Crippen LogP contribution < -0.4 is 5.32 Å². The molecule has 0 saturated heterocycles. The molecule has 0 saturated carbocycles. The zero-order valence-corrected chi connectivity index (χ0v) is 19.9. The van der Waals surface area contributed by atoms with Crippen LogP contribution in [0, 0.1) is 0 Å². The van der Waals surface area contributed by atoms with Crippen molar-refractivity contribution in [1.82, 2.24) is 0 Å². The molecule has 0 heterocycles. The van der Waals surface area contributed by atoms with E-state index in [1.807, 2.05) is 0 Å².